The molecule has 0 fully saturated rings. The monoisotopic (exact) mass is 217 g/mol. The average Bonchev–Trinajstić information content (AvgIpc) is 2.32. The molecule has 16 heavy (non-hydrogen) atoms. The highest BCUT2D eigenvalue weighted by Gasteiger charge is 2.22. The molecule has 1 aromatic rings. The molecule has 0 aliphatic carbocycles. The lowest BCUT2D eigenvalue weighted by molar-refractivity contribution is 0.0941. The average molecular weight is 217 g/mol. The van der Waals surface area contributed by atoms with Crippen LogP contribution in [0, 0.1) is 0 Å². The SMILES string of the molecule is CCC(C)c1ccc2c(c1)C(=O)NCC2C. The predicted octanol–water partition coefficient (Wildman–Crippen LogP) is 3.05. The molecule has 0 saturated heterocycles. The molecule has 86 valence electrons. The fourth-order valence-corrected chi connectivity index (χ4v) is 2.19. The molecule has 0 bridgehead atoms. The third-order valence-corrected chi connectivity index (χ3v) is 3.60. The Morgan fingerprint density at radius 3 is 2.94 bits per heavy atom. The van der Waals surface area contributed by atoms with Gasteiger partial charge in [-0.25, -0.2) is 0 Å². The number of carbonyl (C=O) groups is 1. The Balaban J connectivity index is 2.44. The highest BCUT2D eigenvalue weighted by molar-refractivity contribution is 5.97. The van der Waals surface area contributed by atoms with Crippen molar-refractivity contribution in [1.29, 1.82) is 0 Å². The van der Waals surface area contributed by atoms with Gasteiger partial charge in [-0.3, -0.25) is 4.79 Å². The Kier molecular flexibility index (Phi) is 2.99. The van der Waals surface area contributed by atoms with Gasteiger partial charge >= 0.3 is 0 Å². The number of fused-ring (bicyclic) bond motifs is 1. The molecule has 2 heteroatoms. The number of carbonyl (C=O) groups excluding carboxylic acids is 1. The molecule has 1 aliphatic heterocycles. The van der Waals surface area contributed by atoms with Crippen molar-refractivity contribution in [3.05, 3.63) is 34.9 Å². The van der Waals surface area contributed by atoms with Gasteiger partial charge in [0.1, 0.15) is 0 Å². The lowest BCUT2D eigenvalue weighted by atomic mass is 9.87. The Morgan fingerprint density at radius 1 is 1.50 bits per heavy atom. The number of hydrogen-bond donors (Lipinski definition) is 1. The van der Waals surface area contributed by atoms with Crippen molar-refractivity contribution in [3.63, 3.8) is 0 Å². The maximum atomic E-state index is 11.8. The Morgan fingerprint density at radius 2 is 2.25 bits per heavy atom. The van der Waals surface area contributed by atoms with Crippen LogP contribution in [-0.4, -0.2) is 12.5 Å². The first kappa shape index (κ1) is 11.2. The van der Waals surface area contributed by atoms with Gasteiger partial charge in [-0.1, -0.05) is 32.9 Å². The summed E-state index contributed by atoms with van der Waals surface area (Å²) in [6.45, 7) is 7.29. The van der Waals surface area contributed by atoms with Crippen LogP contribution in [0.25, 0.3) is 0 Å². The van der Waals surface area contributed by atoms with E-state index in [4.69, 9.17) is 0 Å². The van der Waals surface area contributed by atoms with Crippen LogP contribution >= 0.6 is 0 Å². The number of hydrogen-bond acceptors (Lipinski definition) is 1. The lowest BCUT2D eigenvalue weighted by Crippen LogP contribution is -2.34. The maximum Gasteiger partial charge on any atom is 0.251 e. The maximum absolute atomic E-state index is 11.8. The van der Waals surface area contributed by atoms with Gasteiger partial charge in [0.25, 0.3) is 5.91 Å². The molecule has 0 saturated carbocycles. The summed E-state index contributed by atoms with van der Waals surface area (Å²) >= 11 is 0. The van der Waals surface area contributed by atoms with Crippen LogP contribution < -0.4 is 5.32 Å². The molecule has 1 amide bonds. The fraction of sp³-hybridized carbons (Fsp3) is 0.500. The number of rotatable bonds is 2. The van der Waals surface area contributed by atoms with Crippen LogP contribution in [-0.2, 0) is 0 Å². The minimum atomic E-state index is 0.0817. The summed E-state index contributed by atoms with van der Waals surface area (Å²) in [6.07, 6.45) is 1.11. The van der Waals surface area contributed by atoms with Gasteiger partial charge in [0.15, 0.2) is 0 Å². The van der Waals surface area contributed by atoms with Crippen LogP contribution in [0.2, 0.25) is 0 Å². The van der Waals surface area contributed by atoms with E-state index in [1.165, 1.54) is 11.1 Å². The highest BCUT2D eigenvalue weighted by Crippen LogP contribution is 2.28. The van der Waals surface area contributed by atoms with Crippen molar-refractivity contribution in [3.8, 4) is 0 Å². The summed E-state index contributed by atoms with van der Waals surface area (Å²) in [5.41, 5.74) is 3.33. The Bertz CT molecular complexity index is 411. The summed E-state index contributed by atoms with van der Waals surface area (Å²) in [5.74, 6) is 1.03. The molecule has 2 rings (SSSR count). The van der Waals surface area contributed by atoms with E-state index in [2.05, 4.69) is 44.3 Å². The van der Waals surface area contributed by atoms with Crippen molar-refractivity contribution < 1.29 is 4.79 Å². The van der Waals surface area contributed by atoms with Crippen LogP contribution in [0.5, 0.6) is 0 Å². The van der Waals surface area contributed by atoms with E-state index >= 15 is 0 Å². The Hall–Kier alpha value is -1.31. The van der Waals surface area contributed by atoms with Crippen LogP contribution in [0.3, 0.4) is 0 Å². The molecule has 1 aliphatic rings. The summed E-state index contributed by atoms with van der Waals surface area (Å²) in [6, 6.07) is 6.36. The van der Waals surface area contributed by atoms with E-state index in [-0.39, 0.29) is 5.91 Å². The Labute approximate surface area is 97.1 Å². The molecule has 2 atom stereocenters. The van der Waals surface area contributed by atoms with Gasteiger partial charge in [0.05, 0.1) is 0 Å². The molecule has 1 aromatic carbocycles. The second kappa shape index (κ2) is 4.28. The van der Waals surface area contributed by atoms with Gasteiger partial charge < -0.3 is 5.32 Å². The van der Waals surface area contributed by atoms with E-state index in [0.717, 1.165) is 18.5 Å². The van der Waals surface area contributed by atoms with Crippen molar-refractivity contribution >= 4 is 5.91 Å². The molecular weight excluding hydrogens is 198 g/mol. The van der Waals surface area contributed by atoms with E-state index in [9.17, 15) is 4.79 Å². The summed E-state index contributed by atoms with van der Waals surface area (Å²) in [7, 11) is 0. The van der Waals surface area contributed by atoms with E-state index in [1.807, 2.05) is 0 Å². The zero-order valence-electron chi connectivity index (χ0n) is 10.2. The van der Waals surface area contributed by atoms with Crippen molar-refractivity contribution in [2.45, 2.75) is 39.0 Å². The molecule has 0 spiro atoms. The molecule has 0 aromatic heterocycles. The first-order chi connectivity index (χ1) is 7.63. The molecule has 1 N–H and O–H groups in total. The normalized spacial score (nSPS) is 21.2. The minimum absolute atomic E-state index is 0.0817. The zero-order chi connectivity index (χ0) is 11.7. The second-order valence-corrected chi connectivity index (χ2v) is 4.77. The standard InChI is InChI=1S/C14H19NO/c1-4-9(2)11-5-6-12-10(3)8-15-14(16)13(12)7-11/h5-7,9-10H,4,8H2,1-3H3,(H,15,16). The van der Waals surface area contributed by atoms with Crippen LogP contribution in [0.1, 0.15) is 60.5 Å². The van der Waals surface area contributed by atoms with E-state index < -0.39 is 0 Å². The number of nitrogens with one attached hydrogen (secondary N) is 1. The third-order valence-electron chi connectivity index (χ3n) is 3.60. The fourth-order valence-electron chi connectivity index (χ4n) is 2.19. The predicted molar refractivity (Wildman–Crippen MR) is 65.9 cm³/mol. The second-order valence-electron chi connectivity index (χ2n) is 4.77. The van der Waals surface area contributed by atoms with E-state index in [0.29, 0.717) is 11.8 Å². The molecular formula is C14H19NO. The lowest BCUT2D eigenvalue weighted by Gasteiger charge is -2.24. The number of amides is 1. The van der Waals surface area contributed by atoms with Crippen molar-refractivity contribution in [2.24, 2.45) is 0 Å². The summed E-state index contributed by atoms with van der Waals surface area (Å²) in [5, 5.41) is 2.93. The van der Waals surface area contributed by atoms with Gasteiger partial charge in [0.2, 0.25) is 0 Å². The summed E-state index contributed by atoms with van der Waals surface area (Å²) < 4.78 is 0. The first-order valence-electron chi connectivity index (χ1n) is 6.05. The minimum Gasteiger partial charge on any atom is -0.351 e. The number of benzene rings is 1. The molecule has 2 unspecified atom stereocenters. The third kappa shape index (κ3) is 1.84. The highest BCUT2D eigenvalue weighted by atomic mass is 16.1. The molecule has 0 radical (unpaired) electrons. The van der Waals surface area contributed by atoms with E-state index in [1.54, 1.807) is 0 Å². The summed E-state index contributed by atoms with van der Waals surface area (Å²) in [4.78, 5) is 11.8. The van der Waals surface area contributed by atoms with Gasteiger partial charge in [-0.2, -0.15) is 0 Å². The topological polar surface area (TPSA) is 29.1 Å². The smallest absolute Gasteiger partial charge is 0.251 e. The van der Waals surface area contributed by atoms with Gasteiger partial charge in [-0.05, 0) is 35.4 Å². The van der Waals surface area contributed by atoms with Crippen LogP contribution in [0.15, 0.2) is 18.2 Å². The van der Waals surface area contributed by atoms with Gasteiger partial charge in [0, 0.05) is 12.1 Å². The van der Waals surface area contributed by atoms with Crippen molar-refractivity contribution in [2.75, 3.05) is 6.54 Å². The zero-order valence-corrected chi connectivity index (χ0v) is 10.2. The molecule has 2 nitrogen and oxygen atoms in total. The molecule has 1 heterocycles. The first-order valence-corrected chi connectivity index (χ1v) is 6.05. The van der Waals surface area contributed by atoms with Crippen LogP contribution in [0.4, 0.5) is 0 Å². The van der Waals surface area contributed by atoms with Crippen molar-refractivity contribution in [1.82, 2.24) is 5.32 Å². The quantitative estimate of drug-likeness (QED) is 0.810. The largest absolute Gasteiger partial charge is 0.351 e. The van der Waals surface area contributed by atoms with Gasteiger partial charge in [-0.15, -0.1) is 0 Å².